The summed E-state index contributed by atoms with van der Waals surface area (Å²) in [5, 5.41) is 0. The topological polar surface area (TPSA) is 128 Å². The maximum atomic E-state index is 10.5. The van der Waals surface area contributed by atoms with Crippen molar-refractivity contribution in [3.63, 3.8) is 0 Å². The van der Waals surface area contributed by atoms with Gasteiger partial charge in [0, 0.05) is 31.2 Å². The van der Waals surface area contributed by atoms with E-state index in [2.05, 4.69) is 14.5 Å². The van der Waals surface area contributed by atoms with Crippen LogP contribution in [0.5, 0.6) is 0 Å². The van der Waals surface area contributed by atoms with Crippen LogP contribution in [0.1, 0.15) is 22.6 Å². The maximum absolute atomic E-state index is 10.5. The Morgan fingerprint density at radius 3 is 2.74 bits per heavy atom. The van der Waals surface area contributed by atoms with Crippen LogP contribution in [-0.2, 0) is 22.1 Å². The molecule has 0 saturated heterocycles. The first kappa shape index (κ1) is 17.5. The SMILES string of the molecule is Cc1ncc(C[n+]2cccc(CCOP(=O)([O-])[O-])c2C)c(N)n1. The molecule has 0 saturated carbocycles. The van der Waals surface area contributed by atoms with Gasteiger partial charge in [-0.15, -0.1) is 0 Å². The highest BCUT2D eigenvalue weighted by molar-refractivity contribution is 7.43. The highest BCUT2D eigenvalue weighted by Gasteiger charge is 2.14. The highest BCUT2D eigenvalue weighted by atomic mass is 31.2. The molecule has 2 N–H and O–H groups in total. The van der Waals surface area contributed by atoms with Crippen molar-refractivity contribution in [2.45, 2.75) is 26.8 Å². The van der Waals surface area contributed by atoms with E-state index in [1.165, 1.54) is 0 Å². The van der Waals surface area contributed by atoms with Crippen molar-refractivity contribution >= 4 is 13.6 Å². The number of nitrogen functional groups attached to an aromatic ring is 1. The molecule has 23 heavy (non-hydrogen) atoms. The molecule has 124 valence electrons. The molecule has 0 amide bonds. The van der Waals surface area contributed by atoms with E-state index in [-0.39, 0.29) is 6.61 Å². The first-order chi connectivity index (χ1) is 10.8. The molecule has 9 heteroatoms. The van der Waals surface area contributed by atoms with Crippen LogP contribution in [0.2, 0.25) is 0 Å². The third kappa shape index (κ3) is 5.07. The van der Waals surface area contributed by atoms with Gasteiger partial charge in [-0.25, -0.2) is 9.97 Å². The number of hydrogen-bond acceptors (Lipinski definition) is 7. The molecule has 8 nitrogen and oxygen atoms in total. The standard InChI is InChI=1S/C14H19N4O4P/c1-10-12(5-7-22-23(19,20)21)4-3-6-18(10)9-13-8-16-11(2)17-14(13)15/h3-4,6,8H,5,7,9H2,1-2H3,(H3-,15,16,17,19,20,21)/p-1. The minimum atomic E-state index is -4.94. The van der Waals surface area contributed by atoms with Crippen LogP contribution in [0, 0.1) is 13.8 Å². The maximum Gasteiger partial charge on any atom is 0.181 e. The summed E-state index contributed by atoms with van der Waals surface area (Å²) in [6.07, 6.45) is 3.89. The molecular weight excluding hydrogens is 319 g/mol. The molecule has 0 spiro atoms. The van der Waals surface area contributed by atoms with Crippen LogP contribution in [0.25, 0.3) is 0 Å². The molecule has 2 heterocycles. The van der Waals surface area contributed by atoms with Crippen LogP contribution in [-0.4, -0.2) is 16.6 Å². The van der Waals surface area contributed by atoms with Gasteiger partial charge < -0.3 is 24.6 Å². The Bertz CT molecular complexity index is 748. The van der Waals surface area contributed by atoms with Gasteiger partial charge in [0.05, 0.1) is 20.0 Å². The Morgan fingerprint density at radius 1 is 1.35 bits per heavy atom. The predicted octanol–water partition coefficient (Wildman–Crippen LogP) is -0.601. The van der Waals surface area contributed by atoms with E-state index in [1.807, 2.05) is 29.8 Å². The molecule has 0 radical (unpaired) electrons. The van der Waals surface area contributed by atoms with Crippen LogP contribution < -0.4 is 20.1 Å². The summed E-state index contributed by atoms with van der Waals surface area (Å²) >= 11 is 0. The summed E-state index contributed by atoms with van der Waals surface area (Å²) in [6.45, 7) is 3.98. The number of hydrogen-bond donors (Lipinski definition) is 1. The predicted molar refractivity (Wildman–Crippen MR) is 78.9 cm³/mol. The summed E-state index contributed by atoms with van der Waals surface area (Å²) in [7, 11) is -4.94. The fourth-order valence-corrected chi connectivity index (χ4v) is 2.52. The van der Waals surface area contributed by atoms with E-state index < -0.39 is 7.82 Å². The fourth-order valence-electron chi connectivity index (χ4n) is 2.20. The van der Waals surface area contributed by atoms with Gasteiger partial charge in [0.15, 0.2) is 18.4 Å². The average Bonchev–Trinajstić information content (AvgIpc) is 2.44. The van der Waals surface area contributed by atoms with Gasteiger partial charge in [-0.3, -0.25) is 0 Å². The molecule has 2 aromatic rings. The Kier molecular flexibility index (Phi) is 5.43. The van der Waals surface area contributed by atoms with Crippen molar-refractivity contribution in [3.8, 4) is 0 Å². The molecule has 0 aliphatic heterocycles. The summed E-state index contributed by atoms with van der Waals surface area (Å²) in [5.41, 5.74) is 8.49. The first-order valence-corrected chi connectivity index (χ1v) is 8.45. The molecule has 0 fully saturated rings. The van der Waals surface area contributed by atoms with Gasteiger partial charge in [0.2, 0.25) is 0 Å². The van der Waals surface area contributed by atoms with E-state index in [1.54, 1.807) is 13.1 Å². The Hall–Kier alpha value is -1.86. The minimum Gasteiger partial charge on any atom is -0.790 e. The van der Waals surface area contributed by atoms with Gasteiger partial charge in [-0.05, 0) is 13.0 Å². The van der Waals surface area contributed by atoms with E-state index in [9.17, 15) is 14.4 Å². The number of phosphoric acid groups is 1. The Labute approximate surface area is 134 Å². The van der Waals surface area contributed by atoms with Crippen molar-refractivity contribution in [1.82, 2.24) is 9.97 Å². The zero-order valence-electron chi connectivity index (χ0n) is 12.9. The van der Waals surface area contributed by atoms with Gasteiger partial charge >= 0.3 is 0 Å². The van der Waals surface area contributed by atoms with Gasteiger partial charge in [-0.1, -0.05) is 0 Å². The third-order valence-electron chi connectivity index (χ3n) is 3.44. The first-order valence-electron chi connectivity index (χ1n) is 6.99. The second-order valence-electron chi connectivity index (χ2n) is 5.10. The molecule has 0 unspecified atom stereocenters. The quantitative estimate of drug-likeness (QED) is 0.550. The van der Waals surface area contributed by atoms with Crippen molar-refractivity contribution < 1.29 is 23.4 Å². The Balaban J connectivity index is 2.14. The summed E-state index contributed by atoms with van der Waals surface area (Å²) < 4.78 is 16.7. The zero-order chi connectivity index (χ0) is 17.0. The molecular formula is C14H18N4O4P-. The average molecular weight is 337 g/mol. The van der Waals surface area contributed by atoms with Gasteiger partial charge in [-0.2, -0.15) is 4.57 Å². The second-order valence-corrected chi connectivity index (χ2v) is 6.26. The summed E-state index contributed by atoms with van der Waals surface area (Å²) in [4.78, 5) is 29.3. The smallest absolute Gasteiger partial charge is 0.181 e. The van der Waals surface area contributed by atoms with E-state index in [0.29, 0.717) is 24.6 Å². The summed E-state index contributed by atoms with van der Waals surface area (Å²) in [6, 6.07) is 3.69. The summed E-state index contributed by atoms with van der Waals surface area (Å²) in [5.74, 6) is 1.04. The van der Waals surface area contributed by atoms with Crippen molar-refractivity contribution in [2.24, 2.45) is 0 Å². The van der Waals surface area contributed by atoms with Crippen LogP contribution >= 0.6 is 7.82 Å². The minimum absolute atomic E-state index is 0.176. The zero-order valence-corrected chi connectivity index (χ0v) is 13.8. The lowest BCUT2D eigenvalue weighted by molar-refractivity contribution is -0.694. The lowest BCUT2D eigenvalue weighted by Gasteiger charge is -2.28. The van der Waals surface area contributed by atoms with Crippen molar-refractivity contribution in [3.05, 3.63) is 47.2 Å². The van der Waals surface area contributed by atoms with Crippen molar-refractivity contribution in [1.29, 1.82) is 0 Å². The van der Waals surface area contributed by atoms with E-state index in [4.69, 9.17) is 5.73 Å². The number of aromatic nitrogens is 3. The Morgan fingerprint density at radius 2 is 2.09 bits per heavy atom. The van der Waals surface area contributed by atoms with Gasteiger partial charge in [0.25, 0.3) is 0 Å². The van der Waals surface area contributed by atoms with Crippen LogP contribution in [0.3, 0.4) is 0 Å². The molecule has 0 aromatic carbocycles. The fraction of sp³-hybridized carbons (Fsp3) is 0.357. The molecule has 0 aliphatic rings. The number of pyridine rings is 1. The number of anilines is 1. The molecule has 0 atom stereocenters. The number of aryl methyl sites for hydroxylation is 1. The number of nitrogens with zero attached hydrogens (tertiary/aromatic N) is 3. The van der Waals surface area contributed by atoms with Crippen LogP contribution in [0.15, 0.2) is 24.5 Å². The normalized spacial score (nSPS) is 11.7. The largest absolute Gasteiger partial charge is 0.790 e. The van der Waals surface area contributed by atoms with E-state index in [0.717, 1.165) is 16.8 Å². The second kappa shape index (κ2) is 7.14. The monoisotopic (exact) mass is 337 g/mol. The molecule has 2 aromatic heterocycles. The number of phosphoric ester groups is 1. The van der Waals surface area contributed by atoms with E-state index >= 15 is 0 Å². The highest BCUT2D eigenvalue weighted by Crippen LogP contribution is 2.24. The third-order valence-corrected chi connectivity index (χ3v) is 3.94. The molecule has 2 rings (SSSR count). The van der Waals surface area contributed by atoms with Crippen LogP contribution in [0.4, 0.5) is 5.82 Å². The number of rotatable bonds is 6. The molecule has 0 aliphatic carbocycles. The van der Waals surface area contributed by atoms with Crippen molar-refractivity contribution in [2.75, 3.05) is 12.3 Å². The number of nitrogens with two attached hydrogens (primary N) is 1. The lowest BCUT2D eigenvalue weighted by Crippen LogP contribution is -2.38. The lowest BCUT2D eigenvalue weighted by atomic mass is 10.1. The van der Waals surface area contributed by atoms with Gasteiger partial charge in [0.1, 0.15) is 11.6 Å². The molecule has 0 bridgehead atoms.